The van der Waals surface area contributed by atoms with Gasteiger partial charge in [-0.15, -0.1) is 5.10 Å². The molecule has 1 aliphatic heterocycles. The van der Waals surface area contributed by atoms with Crippen LogP contribution in [0.1, 0.15) is 19.3 Å². The van der Waals surface area contributed by atoms with Crippen LogP contribution in [0, 0.1) is 0 Å². The van der Waals surface area contributed by atoms with Gasteiger partial charge in [-0.2, -0.15) is 0 Å². The molecule has 0 aromatic carbocycles. The number of H-pyrrole nitrogens is 1. The fourth-order valence-electron chi connectivity index (χ4n) is 2.05. The Hall–Kier alpha value is -1.40. The van der Waals surface area contributed by atoms with E-state index in [0.29, 0.717) is 6.10 Å². The summed E-state index contributed by atoms with van der Waals surface area (Å²) in [6, 6.07) is 3.85. The van der Waals surface area contributed by atoms with Gasteiger partial charge in [-0.1, -0.05) is 11.8 Å². The van der Waals surface area contributed by atoms with Crippen LogP contribution in [0.4, 0.5) is 0 Å². The van der Waals surface area contributed by atoms with E-state index in [1.165, 1.54) is 12.8 Å². The number of hydrogen-bond acceptors (Lipinski definition) is 5. The minimum absolute atomic E-state index is 0.346. The van der Waals surface area contributed by atoms with E-state index in [-0.39, 0.29) is 0 Å². The van der Waals surface area contributed by atoms with Gasteiger partial charge in [0.05, 0.1) is 6.10 Å². The van der Waals surface area contributed by atoms with Crippen LogP contribution in [-0.4, -0.2) is 38.6 Å². The SMILES string of the molecule is c1cncc(-c2nc(SC[C@@H]3CCCCO3)n[nH]2)c1. The van der Waals surface area contributed by atoms with Gasteiger partial charge in [0, 0.05) is 30.3 Å². The zero-order chi connectivity index (χ0) is 12.9. The fraction of sp³-hybridized carbons (Fsp3) is 0.462. The van der Waals surface area contributed by atoms with Gasteiger partial charge in [0.25, 0.3) is 0 Å². The molecule has 0 unspecified atom stereocenters. The molecule has 1 atom stereocenters. The molecule has 2 aromatic heterocycles. The Morgan fingerprint density at radius 3 is 3.21 bits per heavy atom. The highest BCUT2D eigenvalue weighted by Gasteiger charge is 2.15. The fourth-order valence-corrected chi connectivity index (χ4v) is 2.91. The Kier molecular flexibility index (Phi) is 4.10. The first kappa shape index (κ1) is 12.6. The summed E-state index contributed by atoms with van der Waals surface area (Å²) in [4.78, 5) is 8.54. The van der Waals surface area contributed by atoms with E-state index in [0.717, 1.165) is 35.3 Å². The molecule has 3 heterocycles. The average molecular weight is 276 g/mol. The molecule has 0 bridgehead atoms. The lowest BCUT2D eigenvalue weighted by atomic mass is 10.1. The zero-order valence-corrected chi connectivity index (χ0v) is 11.4. The quantitative estimate of drug-likeness (QED) is 0.869. The van der Waals surface area contributed by atoms with Gasteiger partial charge in [0.15, 0.2) is 5.82 Å². The first-order valence-corrected chi connectivity index (χ1v) is 7.47. The van der Waals surface area contributed by atoms with Gasteiger partial charge in [-0.3, -0.25) is 10.1 Å². The summed E-state index contributed by atoms with van der Waals surface area (Å²) in [5.41, 5.74) is 0.954. The van der Waals surface area contributed by atoms with Crippen LogP contribution < -0.4 is 0 Å². The Bertz CT molecular complexity index is 510. The molecular weight excluding hydrogens is 260 g/mol. The molecule has 1 saturated heterocycles. The molecular formula is C13H16N4OS. The van der Waals surface area contributed by atoms with Crippen LogP contribution in [0.15, 0.2) is 29.7 Å². The van der Waals surface area contributed by atoms with Crippen LogP contribution in [0.25, 0.3) is 11.4 Å². The third-order valence-corrected chi connectivity index (χ3v) is 4.05. The smallest absolute Gasteiger partial charge is 0.208 e. The van der Waals surface area contributed by atoms with Crippen molar-refractivity contribution in [3.05, 3.63) is 24.5 Å². The van der Waals surface area contributed by atoms with Gasteiger partial charge in [0.1, 0.15) is 0 Å². The highest BCUT2D eigenvalue weighted by molar-refractivity contribution is 7.99. The number of rotatable bonds is 4. The number of aromatic nitrogens is 4. The molecule has 0 spiro atoms. The van der Waals surface area contributed by atoms with Gasteiger partial charge < -0.3 is 4.74 Å². The van der Waals surface area contributed by atoms with E-state index in [4.69, 9.17) is 4.74 Å². The zero-order valence-electron chi connectivity index (χ0n) is 10.6. The molecule has 0 saturated carbocycles. The number of pyridine rings is 1. The van der Waals surface area contributed by atoms with E-state index in [2.05, 4.69) is 20.2 Å². The molecule has 3 rings (SSSR count). The number of hydrogen-bond donors (Lipinski definition) is 1. The Morgan fingerprint density at radius 2 is 2.42 bits per heavy atom. The molecule has 0 aliphatic carbocycles. The summed E-state index contributed by atoms with van der Waals surface area (Å²) >= 11 is 1.64. The minimum atomic E-state index is 0.346. The number of nitrogens with zero attached hydrogens (tertiary/aromatic N) is 3. The number of thioether (sulfide) groups is 1. The second-order valence-corrected chi connectivity index (χ2v) is 5.50. The van der Waals surface area contributed by atoms with Crippen LogP contribution in [0.5, 0.6) is 0 Å². The van der Waals surface area contributed by atoms with Crippen LogP contribution in [-0.2, 0) is 4.74 Å². The summed E-state index contributed by atoms with van der Waals surface area (Å²) in [6.07, 6.45) is 7.47. The third-order valence-electron chi connectivity index (χ3n) is 3.07. The van der Waals surface area contributed by atoms with Crippen molar-refractivity contribution in [2.24, 2.45) is 0 Å². The molecule has 1 fully saturated rings. The Labute approximate surface area is 116 Å². The Balaban J connectivity index is 1.59. The third kappa shape index (κ3) is 3.33. The summed E-state index contributed by atoms with van der Waals surface area (Å²) in [7, 11) is 0. The monoisotopic (exact) mass is 276 g/mol. The van der Waals surface area contributed by atoms with Crippen LogP contribution in [0.3, 0.4) is 0 Å². The molecule has 0 radical (unpaired) electrons. The van der Waals surface area contributed by atoms with Gasteiger partial charge in [-0.05, 0) is 31.4 Å². The van der Waals surface area contributed by atoms with Gasteiger partial charge >= 0.3 is 0 Å². The summed E-state index contributed by atoms with van der Waals surface area (Å²) in [6.45, 7) is 0.889. The van der Waals surface area contributed by atoms with E-state index in [1.54, 1.807) is 24.2 Å². The van der Waals surface area contributed by atoms with Crippen molar-refractivity contribution >= 4 is 11.8 Å². The molecule has 5 nitrogen and oxygen atoms in total. The first-order valence-electron chi connectivity index (χ1n) is 6.49. The van der Waals surface area contributed by atoms with E-state index in [1.807, 2.05) is 12.1 Å². The summed E-state index contributed by atoms with van der Waals surface area (Å²) in [5.74, 6) is 1.69. The van der Waals surface area contributed by atoms with Crippen molar-refractivity contribution in [3.63, 3.8) is 0 Å². The second kappa shape index (κ2) is 6.16. The molecule has 1 aliphatic rings. The van der Waals surface area contributed by atoms with Crippen molar-refractivity contribution in [2.75, 3.05) is 12.4 Å². The van der Waals surface area contributed by atoms with Gasteiger partial charge in [-0.25, -0.2) is 4.98 Å². The standard InChI is InChI=1S/C13H16N4OS/c1-2-7-18-11(5-1)9-19-13-15-12(16-17-13)10-4-3-6-14-8-10/h3-4,6,8,11H,1-2,5,7,9H2,(H,15,16,17)/t11-/m0/s1. The second-order valence-electron chi connectivity index (χ2n) is 4.51. The molecule has 2 aromatic rings. The van der Waals surface area contributed by atoms with E-state index < -0.39 is 0 Å². The maximum Gasteiger partial charge on any atom is 0.208 e. The van der Waals surface area contributed by atoms with Crippen molar-refractivity contribution < 1.29 is 4.74 Å². The maximum atomic E-state index is 5.69. The highest BCUT2D eigenvalue weighted by atomic mass is 32.2. The highest BCUT2D eigenvalue weighted by Crippen LogP contribution is 2.22. The van der Waals surface area contributed by atoms with E-state index >= 15 is 0 Å². The normalized spacial score (nSPS) is 19.5. The van der Waals surface area contributed by atoms with Crippen molar-refractivity contribution in [1.29, 1.82) is 0 Å². The molecule has 0 amide bonds. The first-order chi connectivity index (χ1) is 9.42. The average Bonchev–Trinajstić information content (AvgIpc) is 2.96. The number of aromatic amines is 1. The van der Waals surface area contributed by atoms with Crippen molar-refractivity contribution in [3.8, 4) is 11.4 Å². The largest absolute Gasteiger partial charge is 0.377 e. The summed E-state index contributed by atoms with van der Waals surface area (Å²) < 4.78 is 5.69. The lowest BCUT2D eigenvalue weighted by Crippen LogP contribution is -2.21. The lowest BCUT2D eigenvalue weighted by Gasteiger charge is -2.21. The van der Waals surface area contributed by atoms with Crippen LogP contribution in [0.2, 0.25) is 0 Å². The number of ether oxygens (including phenoxy) is 1. The number of nitrogens with one attached hydrogen (secondary N) is 1. The molecule has 6 heteroatoms. The Morgan fingerprint density at radius 1 is 1.42 bits per heavy atom. The topological polar surface area (TPSA) is 63.7 Å². The predicted molar refractivity (Wildman–Crippen MR) is 73.9 cm³/mol. The van der Waals surface area contributed by atoms with Gasteiger partial charge in [0.2, 0.25) is 5.16 Å². The summed E-state index contributed by atoms with van der Waals surface area (Å²) in [5, 5.41) is 7.94. The maximum absolute atomic E-state index is 5.69. The molecule has 19 heavy (non-hydrogen) atoms. The predicted octanol–water partition coefficient (Wildman–Crippen LogP) is 2.53. The minimum Gasteiger partial charge on any atom is -0.377 e. The molecule has 100 valence electrons. The van der Waals surface area contributed by atoms with Crippen molar-refractivity contribution in [2.45, 2.75) is 30.5 Å². The van der Waals surface area contributed by atoms with E-state index in [9.17, 15) is 0 Å². The molecule has 1 N–H and O–H groups in total. The van der Waals surface area contributed by atoms with Crippen LogP contribution >= 0.6 is 11.8 Å². The van der Waals surface area contributed by atoms with Crippen molar-refractivity contribution in [1.82, 2.24) is 20.2 Å². The lowest BCUT2D eigenvalue weighted by molar-refractivity contribution is 0.0315.